The van der Waals surface area contributed by atoms with Gasteiger partial charge in [-0.05, 0) is 38.6 Å². The summed E-state index contributed by atoms with van der Waals surface area (Å²) in [5.41, 5.74) is 6.27. The highest BCUT2D eigenvalue weighted by Gasteiger charge is 2.26. The van der Waals surface area contributed by atoms with Gasteiger partial charge in [-0.1, -0.05) is 68.4 Å². The van der Waals surface area contributed by atoms with Gasteiger partial charge >= 0.3 is 0 Å². The van der Waals surface area contributed by atoms with Crippen molar-refractivity contribution in [3.8, 4) is 22.3 Å². The summed E-state index contributed by atoms with van der Waals surface area (Å²) in [6.07, 6.45) is 1.54. The highest BCUT2D eigenvalue weighted by atomic mass is 14.4. The van der Waals surface area contributed by atoms with Crippen molar-refractivity contribution in [1.82, 2.24) is 0 Å². The van der Waals surface area contributed by atoms with Gasteiger partial charge in [0.2, 0.25) is 0 Å². The lowest BCUT2D eigenvalue weighted by atomic mass is 9.82. The number of hydrogen-bond donors (Lipinski definition) is 1. The third-order valence-corrected chi connectivity index (χ3v) is 4.60. The Kier molecular flexibility index (Phi) is 2.38. The van der Waals surface area contributed by atoms with Crippen LogP contribution in [0.3, 0.4) is 0 Å². The summed E-state index contributed by atoms with van der Waals surface area (Å²) < 4.78 is 0. The maximum absolute atomic E-state index is 7.74. The molecule has 0 saturated heterocycles. The molecule has 0 spiro atoms. The van der Waals surface area contributed by atoms with Crippen LogP contribution in [0.5, 0.6) is 0 Å². The van der Waals surface area contributed by atoms with Crippen LogP contribution in [-0.2, 0) is 5.41 Å². The summed E-state index contributed by atoms with van der Waals surface area (Å²) in [6.45, 7) is 4.21. The van der Waals surface area contributed by atoms with Crippen LogP contribution in [0.1, 0.15) is 19.4 Å². The maximum atomic E-state index is 7.74. The zero-order valence-electron chi connectivity index (χ0n) is 12.3. The number of hydrogen-bond acceptors (Lipinski definition) is 1. The molecule has 4 rings (SSSR count). The lowest BCUT2D eigenvalue weighted by molar-refractivity contribution is 0.739. The molecule has 0 radical (unpaired) electrons. The molecular weight excluding hydrogens is 254 g/mol. The van der Waals surface area contributed by atoms with Gasteiger partial charge < -0.3 is 5.41 Å². The third kappa shape index (κ3) is 1.55. The summed E-state index contributed by atoms with van der Waals surface area (Å²) >= 11 is 0. The smallest absolute Gasteiger partial charge is 0.0249 e. The van der Waals surface area contributed by atoms with E-state index in [1.54, 1.807) is 6.21 Å². The highest BCUT2D eigenvalue weighted by Crippen LogP contribution is 2.48. The van der Waals surface area contributed by atoms with Crippen LogP contribution in [0.25, 0.3) is 33.0 Å². The van der Waals surface area contributed by atoms with Crippen molar-refractivity contribution in [3.05, 3.63) is 60.2 Å². The minimum Gasteiger partial charge on any atom is -0.312 e. The van der Waals surface area contributed by atoms with E-state index in [0.717, 1.165) is 0 Å². The number of benzene rings is 3. The van der Waals surface area contributed by atoms with E-state index in [9.17, 15) is 0 Å². The molecule has 21 heavy (non-hydrogen) atoms. The first-order valence-corrected chi connectivity index (χ1v) is 7.31. The maximum Gasteiger partial charge on any atom is 0.0249 e. The van der Waals surface area contributed by atoms with Gasteiger partial charge in [-0.25, -0.2) is 0 Å². The summed E-state index contributed by atoms with van der Waals surface area (Å²) in [5, 5.41) is 10.4. The predicted molar refractivity (Wildman–Crippen MR) is 90.2 cm³/mol. The molecule has 0 atom stereocenters. The molecule has 0 saturated carbocycles. The Morgan fingerprint density at radius 2 is 1.38 bits per heavy atom. The minimum atomic E-state index is -0.244. The Labute approximate surface area is 124 Å². The average molecular weight is 271 g/mol. The van der Waals surface area contributed by atoms with Gasteiger partial charge in [0, 0.05) is 11.6 Å². The van der Waals surface area contributed by atoms with Crippen molar-refractivity contribution in [2.24, 2.45) is 0 Å². The second kappa shape index (κ2) is 4.05. The van der Waals surface area contributed by atoms with Crippen molar-refractivity contribution in [3.63, 3.8) is 0 Å². The Bertz CT molecular complexity index is 858. The Hall–Kier alpha value is -2.41. The second-order valence-corrected chi connectivity index (χ2v) is 6.30. The number of fused-ring (bicyclic) bond motifs is 3. The van der Waals surface area contributed by atoms with Crippen LogP contribution in [0, 0.1) is 5.41 Å². The predicted octanol–water partition coefficient (Wildman–Crippen LogP) is 5.41. The quantitative estimate of drug-likeness (QED) is 0.471. The zero-order valence-corrected chi connectivity index (χ0v) is 12.3. The standard InChI is InChI=1S/C20H17N/c1-20(2,12-21)18-11-10-16-14-7-4-3-6-13(14)15-8-5-9-17(18)19(15)16/h3-12,21H,1-2H3. The van der Waals surface area contributed by atoms with Crippen LogP contribution < -0.4 is 0 Å². The third-order valence-electron chi connectivity index (χ3n) is 4.60. The SMILES string of the molecule is CC(C)(C=N)c1ccc2c3c(cccc13)-c1ccccc1-2. The van der Waals surface area contributed by atoms with E-state index in [1.807, 2.05) is 0 Å². The monoisotopic (exact) mass is 271 g/mol. The van der Waals surface area contributed by atoms with Crippen LogP contribution >= 0.6 is 0 Å². The number of nitrogens with one attached hydrogen (secondary N) is 1. The molecule has 0 fully saturated rings. The van der Waals surface area contributed by atoms with Crippen molar-refractivity contribution in [2.45, 2.75) is 19.3 Å². The zero-order chi connectivity index (χ0) is 14.6. The molecule has 0 aromatic heterocycles. The summed E-state index contributed by atoms with van der Waals surface area (Å²) in [7, 11) is 0. The molecule has 0 heterocycles. The van der Waals surface area contributed by atoms with E-state index in [0.29, 0.717) is 0 Å². The average Bonchev–Trinajstić information content (AvgIpc) is 2.84. The molecule has 0 bridgehead atoms. The van der Waals surface area contributed by atoms with E-state index >= 15 is 0 Å². The normalized spacial score (nSPS) is 12.5. The number of rotatable bonds is 2. The molecular formula is C20H17N. The molecule has 102 valence electrons. The topological polar surface area (TPSA) is 23.9 Å². The van der Waals surface area contributed by atoms with E-state index < -0.39 is 0 Å². The van der Waals surface area contributed by atoms with E-state index in [1.165, 1.54) is 38.6 Å². The van der Waals surface area contributed by atoms with Crippen molar-refractivity contribution >= 4 is 17.0 Å². The molecule has 1 nitrogen and oxygen atoms in total. The van der Waals surface area contributed by atoms with E-state index in [4.69, 9.17) is 5.41 Å². The van der Waals surface area contributed by atoms with E-state index in [2.05, 4.69) is 68.4 Å². The van der Waals surface area contributed by atoms with Gasteiger partial charge in [0.25, 0.3) is 0 Å². The molecule has 0 aliphatic heterocycles. The lowest BCUT2D eigenvalue weighted by Gasteiger charge is -2.22. The summed E-state index contributed by atoms with van der Waals surface area (Å²) in [5.74, 6) is 0. The lowest BCUT2D eigenvalue weighted by Crippen LogP contribution is -2.18. The second-order valence-electron chi connectivity index (χ2n) is 6.30. The Balaban J connectivity index is 2.16. The Morgan fingerprint density at radius 1 is 0.762 bits per heavy atom. The van der Waals surface area contributed by atoms with Crippen LogP contribution in [0.4, 0.5) is 0 Å². The van der Waals surface area contributed by atoms with Crippen LogP contribution in [-0.4, -0.2) is 6.21 Å². The molecule has 0 unspecified atom stereocenters. The van der Waals surface area contributed by atoms with Crippen LogP contribution in [0.2, 0.25) is 0 Å². The molecule has 0 amide bonds. The van der Waals surface area contributed by atoms with Gasteiger partial charge in [-0.3, -0.25) is 0 Å². The van der Waals surface area contributed by atoms with Gasteiger partial charge in [-0.15, -0.1) is 0 Å². The fourth-order valence-corrected chi connectivity index (χ4v) is 3.45. The summed E-state index contributed by atoms with van der Waals surface area (Å²) in [4.78, 5) is 0. The van der Waals surface area contributed by atoms with Gasteiger partial charge in [-0.2, -0.15) is 0 Å². The van der Waals surface area contributed by atoms with E-state index in [-0.39, 0.29) is 5.41 Å². The van der Waals surface area contributed by atoms with Crippen molar-refractivity contribution in [2.75, 3.05) is 0 Å². The fraction of sp³-hybridized carbons (Fsp3) is 0.150. The van der Waals surface area contributed by atoms with Crippen molar-refractivity contribution in [1.29, 1.82) is 5.41 Å². The first kappa shape index (κ1) is 12.3. The van der Waals surface area contributed by atoms with Crippen molar-refractivity contribution < 1.29 is 0 Å². The fourth-order valence-electron chi connectivity index (χ4n) is 3.45. The first-order valence-electron chi connectivity index (χ1n) is 7.31. The Morgan fingerprint density at radius 3 is 2.05 bits per heavy atom. The molecule has 3 aromatic carbocycles. The van der Waals surface area contributed by atoms with Crippen LogP contribution in [0.15, 0.2) is 54.6 Å². The molecule has 1 aliphatic carbocycles. The molecule has 1 heteroatoms. The van der Waals surface area contributed by atoms with Gasteiger partial charge in [0.1, 0.15) is 0 Å². The molecule has 3 aromatic rings. The molecule has 1 aliphatic rings. The molecule has 1 N–H and O–H groups in total. The van der Waals surface area contributed by atoms with Gasteiger partial charge in [0.05, 0.1) is 0 Å². The first-order chi connectivity index (χ1) is 10.1. The highest BCUT2D eigenvalue weighted by molar-refractivity contribution is 6.16. The van der Waals surface area contributed by atoms with Gasteiger partial charge in [0.15, 0.2) is 0 Å². The summed E-state index contributed by atoms with van der Waals surface area (Å²) in [6, 6.07) is 19.5. The largest absolute Gasteiger partial charge is 0.312 e. The minimum absolute atomic E-state index is 0.244.